The van der Waals surface area contributed by atoms with Crippen LogP contribution in [-0.2, 0) is 0 Å². The molecule has 1 rings (SSSR count). The Morgan fingerprint density at radius 2 is 2.23 bits per heavy atom. The van der Waals surface area contributed by atoms with Crippen LogP contribution in [0.2, 0.25) is 0 Å². The van der Waals surface area contributed by atoms with Gasteiger partial charge >= 0.3 is 0 Å². The Hall–Kier alpha value is -0.0800. The van der Waals surface area contributed by atoms with Crippen molar-refractivity contribution in [1.82, 2.24) is 10.2 Å². The van der Waals surface area contributed by atoms with Crippen molar-refractivity contribution in [2.45, 2.75) is 32.6 Å². The van der Waals surface area contributed by atoms with Gasteiger partial charge in [-0.1, -0.05) is 6.92 Å². The standard InChI is InChI=1S/C11H24N2/c1-3-8-13(2)9-4-5-11-6-7-12-10-11/h11-12H,3-10H2,1-2H3. The predicted octanol–water partition coefficient (Wildman–Crippen LogP) is 1.72. The highest BCUT2D eigenvalue weighted by molar-refractivity contribution is 4.71. The van der Waals surface area contributed by atoms with Crippen LogP contribution < -0.4 is 5.32 Å². The molecule has 1 heterocycles. The van der Waals surface area contributed by atoms with Crippen LogP contribution in [0, 0.1) is 5.92 Å². The molecule has 1 aliphatic heterocycles. The molecule has 1 N–H and O–H groups in total. The van der Waals surface area contributed by atoms with E-state index >= 15 is 0 Å². The maximum Gasteiger partial charge on any atom is -0.00200 e. The summed E-state index contributed by atoms with van der Waals surface area (Å²) < 4.78 is 0. The minimum absolute atomic E-state index is 0.968. The molecule has 0 bridgehead atoms. The van der Waals surface area contributed by atoms with E-state index in [4.69, 9.17) is 0 Å². The molecule has 0 spiro atoms. The van der Waals surface area contributed by atoms with E-state index in [2.05, 4.69) is 24.2 Å². The molecular weight excluding hydrogens is 160 g/mol. The molecule has 0 aromatic carbocycles. The lowest BCUT2D eigenvalue weighted by Crippen LogP contribution is -2.21. The highest BCUT2D eigenvalue weighted by atomic mass is 15.1. The molecule has 1 saturated heterocycles. The van der Waals surface area contributed by atoms with Crippen molar-refractivity contribution in [3.05, 3.63) is 0 Å². The Bertz CT molecular complexity index is 119. The fourth-order valence-corrected chi connectivity index (χ4v) is 2.10. The molecule has 0 amide bonds. The Balaban J connectivity index is 1.93. The second-order valence-corrected chi connectivity index (χ2v) is 4.30. The van der Waals surface area contributed by atoms with Crippen LogP contribution in [0.15, 0.2) is 0 Å². The van der Waals surface area contributed by atoms with Crippen molar-refractivity contribution in [1.29, 1.82) is 0 Å². The SMILES string of the molecule is CCCN(C)CCCC1CCNC1. The summed E-state index contributed by atoms with van der Waals surface area (Å²) in [4.78, 5) is 2.45. The summed E-state index contributed by atoms with van der Waals surface area (Å²) in [5.41, 5.74) is 0. The predicted molar refractivity (Wildman–Crippen MR) is 58.0 cm³/mol. The lowest BCUT2D eigenvalue weighted by Gasteiger charge is -2.16. The van der Waals surface area contributed by atoms with Crippen LogP contribution in [0.5, 0.6) is 0 Å². The van der Waals surface area contributed by atoms with Crippen LogP contribution in [0.1, 0.15) is 32.6 Å². The van der Waals surface area contributed by atoms with Crippen molar-refractivity contribution >= 4 is 0 Å². The average Bonchev–Trinajstić information content (AvgIpc) is 2.57. The monoisotopic (exact) mass is 184 g/mol. The summed E-state index contributed by atoms with van der Waals surface area (Å²) in [6.07, 6.45) is 5.48. The van der Waals surface area contributed by atoms with Crippen molar-refractivity contribution in [2.75, 3.05) is 33.2 Å². The molecule has 0 aromatic heterocycles. The highest BCUT2D eigenvalue weighted by Crippen LogP contribution is 2.14. The molecule has 0 aromatic rings. The smallest absolute Gasteiger partial charge is 0.00200 e. The van der Waals surface area contributed by atoms with Crippen LogP contribution in [0.25, 0.3) is 0 Å². The van der Waals surface area contributed by atoms with Gasteiger partial charge in [0.1, 0.15) is 0 Å². The third-order valence-electron chi connectivity index (χ3n) is 2.92. The minimum atomic E-state index is 0.968. The van der Waals surface area contributed by atoms with Crippen LogP contribution >= 0.6 is 0 Å². The molecule has 1 fully saturated rings. The summed E-state index contributed by atoms with van der Waals surface area (Å²) in [6.45, 7) is 7.29. The van der Waals surface area contributed by atoms with E-state index in [-0.39, 0.29) is 0 Å². The fourth-order valence-electron chi connectivity index (χ4n) is 2.10. The second-order valence-electron chi connectivity index (χ2n) is 4.30. The van der Waals surface area contributed by atoms with E-state index in [1.54, 1.807) is 0 Å². The van der Waals surface area contributed by atoms with Gasteiger partial charge < -0.3 is 10.2 Å². The van der Waals surface area contributed by atoms with Crippen molar-refractivity contribution < 1.29 is 0 Å². The minimum Gasteiger partial charge on any atom is -0.316 e. The summed E-state index contributed by atoms with van der Waals surface area (Å²) in [7, 11) is 2.23. The molecule has 0 aliphatic carbocycles. The number of hydrogen-bond acceptors (Lipinski definition) is 2. The topological polar surface area (TPSA) is 15.3 Å². The molecule has 1 unspecified atom stereocenters. The van der Waals surface area contributed by atoms with Gasteiger partial charge in [-0.05, 0) is 64.8 Å². The number of rotatable bonds is 6. The first-order chi connectivity index (χ1) is 6.33. The van der Waals surface area contributed by atoms with E-state index < -0.39 is 0 Å². The molecule has 78 valence electrons. The molecule has 0 radical (unpaired) electrons. The zero-order valence-electron chi connectivity index (χ0n) is 9.18. The lowest BCUT2D eigenvalue weighted by molar-refractivity contribution is 0.315. The van der Waals surface area contributed by atoms with Gasteiger partial charge in [0, 0.05) is 0 Å². The fraction of sp³-hybridized carbons (Fsp3) is 1.00. The third-order valence-corrected chi connectivity index (χ3v) is 2.92. The van der Waals surface area contributed by atoms with E-state index in [0.29, 0.717) is 0 Å². The molecular formula is C11H24N2. The van der Waals surface area contributed by atoms with Gasteiger partial charge in [-0.3, -0.25) is 0 Å². The molecule has 2 nitrogen and oxygen atoms in total. The van der Waals surface area contributed by atoms with Gasteiger partial charge in [-0.2, -0.15) is 0 Å². The van der Waals surface area contributed by atoms with E-state index in [0.717, 1.165) is 5.92 Å². The number of nitrogens with one attached hydrogen (secondary N) is 1. The van der Waals surface area contributed by atoms with Gasteiger partial charge in [0.2, 0.25) is 0 Å². The summed E-state index contributed by atoms with van der Waals surface area (Å²) in [5.74, 6) is 0.968. The molecule has 1 aliphatic rings. The first-order valence-corrected chi connectivity index (χ1v) is 5.72. The summed E-state index contributed by atoms with van der Waals surface area (Å²) >= 11 is 0. The highest BCUT2D eigenvalue weighted by Gasteiger charge is 2.13. The second kappa shape index (κ2) is 6.39. The summed E-state index contributed by atoms with van der Waals surface area (Å²) in [6, 6.07) is 0. The molecule has 2 heteroatoms. The van der Waals surface area contributed by atoms with Gasteiger partial charge in [0.15, 0.2) is 0 Å². The molecule has 0 saturated carbocycles. The lowest BCUT2D eigenvalue weighted by atomic mass is 10.0. The van der Waals surface area contributed by atoms with Crippen LogP contribution in [0.3, 0.4) is 0 Å². The first kappa shape index (κ1) is 11.0. The van der Waals surface area contributed by atoms with E-state index in [9.17, 15) is 0 Å². The molecule has 1 atom stereocenters. The van der Waals surface area contributed by atoms with E-state index in [1.165, 1.54) is 51.9 Å². The molecule has 13 heavy (non-hydrogen) atoms. The maximum atomic E-state index is 3.42. The Labute approximate surface area is 82.7 Å². The summed E-state index contributed by atoms with van der Waals surface area (Å²) in [5, 5.41) is 3.42. The van der Waals surface area contributed by atoms with Gasteiger partial charge in [0.05, 0.1) is 0 Å². The quantitative estimate of drug-likeness (QED) is 0.676. The average molecular weight is 184 g/mol. The Morgan fingerprint density at radius 3 is 2.85 bits per heavy atom. The van der Waals surface area contributed by atoms with Gasteiger partial charge in [-0.25, -0.2) is 0 Å². The zero-order chi connectivity index (χ0) is 9.52. The zero-order valence-corrected chi connectivity index (χ0v) is 9.18. The number of hydrogen-bond donors (Lipinski definition) is 1. The Morgan fingerprint density at radius 1 is 1.38 bits per heavy atom. The number of nitrogens with zero attached hydrogens (tertiary/aromatic N) is 1. The van der Waals surface area contributed by atoms with Crippen molar-refractivity contribution in [3.8, 4) is 0 Å². The first-order valence-electron chi connectivity index (χ1n) is 5.72. The largest absolute Gasteiger partial charge is 0.316 e. The van der Waals surface area contributed by atoms with Crippen LogP contribution in [-0.4, -0.2) is 38.1 Å². The Kier molecular flexibility index (Phi) is 5.40. The van der Waals surface area contributed by atoms with Crippen molar-refractivity contribution in [3.63, 3.8) is 0 Å². The normalized spacial score (nSPS) is 22.8. The van der Waals surface area contributed by atoms with Crippen molar-refractivity contribution in [2.24, 2.45) is 5.92 Å². The van der Waals surface area contributed by atoms with E-state index in [1.807, 2.05) is 0 Å². The van der Waals surface area contributed by atoms with Gasteiger partial charge in [-0.15, -0.1) is 0 Å². The van der Waals surface area contributed by atoms with Gasteiger partial charge in [0.25, 0.3) is 0 Å². The van der Waals surface area contributed by atoms with Crippen LogP contribution in [0.4, 0.5) is 0 Å². The third kappa shape index (κ3) is 4.63. The maximum absolute atomic E-state index is 3.42.